The minimum atomic E-state index is -0.179. The van der Waals surface area contributed by atoms with Crippen LogP contribution in [0.4, 0.5) is 0 Å². The first kappa shape index (κ1) is 21.7. The molecule has 0 atom stereocenters. The molecule has 7 nitrogen and oxygen atoms in total. The maximum Gasteiger partial charge on any atom is 0.256 e. The normalized spacial score (nSPS) is 17.2. The van der Waals surface area contributed by atoms with Gasteiger partial charge in [0.1, 0.15) is 11.3 Å². The lowest BCUT2D eigenvalue weighted by Crippen LogP contribution is -2.43. The Morgan fingerprint density at radius 2 is 1.91 bits per heavy atom. The standard InChI is InChI=1S/C26H29N3O4/c1-18(27)32-25(28)24-16-20-22(8-4-9-23(20)33-24)30-15-5-12-29-13-10-26(11-14-29)21-7-3-2-6-19(21)17-31-26/h2-4,6-9,16,27-28H,5,10-15,17H2,1H3. The van der Waals surface area contributed by atoms with Crippen molar-refractivity contribution in [3.63, 3.8) is 0 Å². The Labute approximate surface area is 193 Å². The Balaban J connectivity index is 1.13. The third kappa shape index (κ3) is 4.38. The SMILES string of the molecule is CC(=N)OC(=N)c1cc2c(OCCCN3CCC4(CC3)OCc3ccccc34)cccc2o1. The van der Waals surface area contributed by atoms with E-state index in [0.717, 1.165) is 56.6 Å². The van der Waals surface area contributed by atoms with Crippen molar-refractivity contribution in [3.05, 3.63) is 65.4 Å². The number of rotatable bonds is 6. The van der Waals surface area contributed by atoms with Gasteiger partial charge in [0.2, 0.25) is 0 Å². The molecule has 0 unspecified atom stereocenters. The third-order valence-electron chi connectivity index (χ3n) is 6.55. The van der Waals surface area contributed by atoms with Crippen LogP contribution in [0.2, 0.25) is 0 Å². The lowest BCUT2D eigenvalue weighted by molar-refractivity contribution is -0.0790. The Bertz CT molecular complexity index is 1180. The Morgan fingerprint density at radius 3 is 2.73 bits per heavy atom. The lowest BCUT2D eigenvalue weighted by atomic mass is 9.84. The van der Waals surface area contributed by atoms with Crippen LogP contribution in [-0.2, 0) is 21.7 Å². The van der Waals surface area contributed by atoms with Gasteiger partial charge in [-0.05, 0) is 42.5 Å². The quantitative estimate of drug-likeness (QED) is 0.313. The minimum absolute atomic E-state index is 0.0516. The van der Waals surface area contributed by atoms with Gasteiger partial charge in [-0.2, -0.15) is 0 Å². The molecule has 1 fully saturated rings. The first-order valence-corrected chi connectivity index (χ1v) is 11.5. The van der Waals surface area contributed by atoms with Crippen LogP contribution in [0.15, 0.2) is 52.9 Å². The third-order valence-corrected chi connectivity index (χ3v) is 6.55. The number of likely N-dealkylation sites (tertiary alicyclic amines) is 1. The van der Waals surface area contributed by atoms with Gasteiger partial charge in [-0.25, -0.2) is 0 Å². The average molecular weight is 448 g/mol. The molecule has 3 aromatic rings. The summed E-state index contributed by atoms with van der Waals surface area (Å²) >= 11 is 0. The van der Waals surface area contributed by atoms with E-state index in [-0.39, 0.29) is 23.2 Å². The number of piperidine rings is 1. The second-order valence-electron chi connectivity index (χ2n) is 8.75. The first-order valence-electron chi connectivity index (χ1n) is 11.5. The summed E-state index contributed by atoms with van der Waals surface area (Å²) in [5.74, 6) is 0.784. The molecule has 7 heteroatoms. The summed E-state index contributed by atoms with van der Waals surface area (Å²) < 4.78 is 23.1. The van der Waals surface area contributed by atoms with E-state index >= 15 is 0 Å². The molecule has 3 heterocycles. The maximum atomic E-state index is 7.93. The fourth-order valence-electron chi connectivity index (χ4n) is 4.88. The van der Waals surface area contributed by atoms with Crippen LogP contribution in [0.5, 0.6) is 5.75 Å². The van der Waals surface area contributed by atoms with Crippen LogP contribution < -0.4 is 4.74 Å². The number of benzene rings is 2. The van der Waals surface area contributed by atoms with E-state index in [1.54, 1.807) is 6.07 Å². The minimum Gasteiger partial charge on any atom is -0.493 e. The predicted octanol–water partition coefficient (Wildman–Crippen LogP) is 5.06. The first-order chi connectivity index (χ1) is 16.0. The van der Waals surface area contributed by atoms with E-state index in [1.165, 1.54) is 18.1 Å². The molecule has 0 amide bonds. The summed E-state index contributed by atoms with van der Waals surface area (Å²) in [5.41, 5.74) is 3.27. The molecule has 5 rings (SSSR count). The van der Waals surface area contributed by atoms with E-state index in [2.05, 4.69) is 29.2 Å². The van der Waals surface area contributed by atoms with Crippen molar-refractivity contribution in [1.82, 2.24) is 4.90 Å². The van der Waals surface area contributed by atoms with E-state index < -0.39 is 0 Å². The van der Waals surface area contributed by atoms with Gasteiger partial charge in [0, 0.05) is 32.6 Å². The molecule has 0 radical (unpaired) electrons. The Hall–Kier alpha value is -3.16. The zero-order valence-corrected chi connectivity index (χ0v) is 18.9. The molecular weight excluding hydrogens is 418 g/mol. The molecule has 172 valence electrons. The number of nitrogens with zero attached hydrogens (tertiary/aromatic N) is 1. The van der Waals surface area contributed by atoms with Crippen molar-refractivity contribution in [2.24, 2.45) is 0 Å². The van der Waals surface area contributed by atoms with Gasteiger partial charge in [0.25, 0.3) is 5.90 Å². The van der Waals surface area contributed by atoms with Crippen molar-refractivity contribution in [3.8, 4) is 5.75 Å². The van der Waals surface area contributed by atoms with Crippen LogP contribution in [0.3, 0.4) is 0 Å². The summed E-state index contributed by atoms with van der Waals surface area (Å²) in [6, 6.07) is 16.0. The highest BCUT2D eigenvalue weighted by Gasteiger charge is 2.42. The number of nitrogens with one attached hydrogen (secondary N) is 2. The molecule has 0 aliphatic carbocycles. The summed E-state index contributed by atoms with van der Waals surface area (Å²) in [6.07, 6.45) is 2.99. The molecule has 2 aromatic carbocycles. The van der Waals surface area contributed by atoms with Crippen LogP contribution in [0.1, 0.15) is 43.1 Å². The van der Waals surface area contributed by atoms with E-state index in [4.69, 9.17) is 29.4 Å². The van der Waals surface area contributed by atoms with Crippen LogP contribution in [0.25, 0.3) is 11.0 Å². The molecule has 2 N–H and O–H groups in total. The summed E-state index contributed by atoms with van der Waals surface area (Å²) in [5, 5.41) is 16.1. The Morgan fingerprint density at radius 1 is 1.09 bits per heavy atom. The van der Waals surface area contributed by atoms with Gasteiger partial charge in [-0.15, -0.1) is 0 Å². The van der Waals surface area contributed by atoms with Gasteiger partial charge < -0.3 is 23.5 Å². The summed E-state index contributed by atoms with van der Waals surface area (Å²) in [4.78, 5) is 2.49. The molecule has 1 spiro atoms. The summed E-state index contributed by atoms with van der Waals surface area (Å²) in [7, 11) is 0. The molecule has 1 aromatic heterocycles. The van der Waals surface area contributed by atoms with Crippen molar-refractivity contribution >= 4 is 22.8 Å². The molecule has 0 saturated carbocycles. The zero-order valence-electron chi connectivity index (χ0n) is 18.9. The van der Waals surface area contributed by atoms with E-state index in [0.29, 0.717) is 12.2 Å². The molecule has 1 saturated heterocycles. The monoisotopic (exact) mass is 447 g/mol. The lowest BCUT2D eigenvalue weighted by Gasteiger charge is -2.39. The molecular formula is C26H29N3O4. The van der Waals surface area contributed by atoms with Gasteiger partial charge >= 0.3 is 0 Å². The number of furan rings is 1. The largest absolute Gasteiger partial charge is 0.493 e. The topological polar surface area (TPSA) is 91.8 Å². The van der Waals surface area contributed by atoms with Crippen molar-refractivity contribution in [2.45, 2.75) is 38.4 Å². The zero-order chi connectivity index (χ0) is 22.8. The maximum absolute atomic E-state index is 7.93. The highest BCUT2D eigenvalue weighted by atomic mass is 16.5. The van der Waals surface area contributed by atoms with Crippen molar-refractivity contribution < 1.29 is 18.6 Å². The van der Waals surface area contributed by atoms with E-state index in [9.17, 15) is 0 Å². The fraction of sp³-hybridized carbons (Fsp3) is 0.385. The van der Waals surface area contributed by atoms with Crippen LogP contribution >= 0.6 is 0 Å². The van der Waals surface area contributed by atoms with Crippen LogP contribution in [0, 0.1) is 10.8 Å². The smallest absolute Gasteiger partial charge is 0.256 e. The second kappa shape index (κ2) is 9.00. The molecule has 33 heavy (non-hydrogen) atoms. The molecule has 2 aliphatic heterocycles. The second-order valence-corrected chi connectivity index (χ2v) is 8.75. The van der Waals surface area contributed by atoms with Gasteiger partial charge in [-0.1, -0.05) is 30.3 Å². The van der Waals surface area contributed by atoms with Crippen LogP contribution in [-0.4, -0.2) is 42.9 Å². The van der Waals surface area contributed by atoms with Crippen molar-refractivity contribution in [1.29, 1.82) is 10.8 Å². The number of fused-ring (bicyclic) bond motifs is 3. The van der Waals surface area contributed by atoms with E-state index in [1.807, 2.05) is 18.2 Å². The highest BCUT2D eigenvalue weighted by molar-refractivity contribution is 6.00. The fourth-order valence-corrected chi connectivity index (χ4v) is 4.88. The van der Waals surface area contributed by atoms with Crippen molar-refractivity contribution in [2.75, 3.05) is 26.2 Å². The number of hydrogen-bond acceptors (Lipinski definition) is 7. The van der Waals surface area contributed by atoms with Gasteiger partial charge in [0.05, 0.1) is 24.2 Å². The predicted molar refractivity (Wildman–Crippen MR) is 126 cm³/mol. The van der Waals surface area contributed by atoms with Gasteiger partial charge in [0.15, 0.2) is 11.7 Å². The number of ether oxygens (including phenoxy) is 3. The van der Waals surface area contributed by atoms with Gasteiger partial charge in [-0.3, -0.25) is 10.8 Å². The average Bonchev–Trinajstić information content (AvgIpc) is 3.41. The highest BCUT2D eigenvalue weighted by Crippen LogP contribution is 2.43. The number of hydrogen-bond donors (Lipinski definition) is 2. The molecule has 2 aliphatic rings. The summed E-state index contributed by atoms with van der Waals surface area (Å²) in [6.45, 7) is 5.87. The molecule has 0 bridgehead atoms. The Kier molecular flexibility index (Phi) is 5.91.